The summed E-state index contributed by atoms with van der Waals surface area (Å²) >= 11 is 0. The van der Waals surface area contributed by atoms with Crippen molar-refractivity contribution in [2.45, 2.75) is 19.8 Å². The second-order valence-electron chi connectivity index (χ2n) is 2.98. The Morgan fingerprint density at radius 1 is 1.60 bits per heavy atom. The first-order chi connectivity index (χ1) is 7.10. The van der Waals surface area contributed by atoms with Gasteiger partial charge in [-0.1, -0.05) is 0 Å². The Bertz CT molecular complexity index is 399. The minimum absolute atomic E-state index is 0.0184. The lowest BCUT2D eigenvalue weighted by Crippen LogP contribution is -2.02. The fraction of sp³-hybridized carbons (Fsp3) is 0.400. The normalized spacial score (nSPS) is 10.1. The molecule has 0 fully saturated rings. The summed E-state index contributed by atoms with van der Waals surface area (Å²) in [4.78, 5) is 3.70. The van der Waals surface area contributed by atoms with Gasteiger partial charge in [0.1, 0.15) is 11.4 Å². The smallest absolute Gasteiger partial charge is 0.284 e. The second kappa shape index (κ2) is 4.69. The zero-order valence-corrected chi connectivity index (χ0v) is 8.42. The molecule has 3 nitrogen and oxygen atoms in total. The third kappa shape index (κ3) is 2.40. The zero-order valence-electron chi connectivity index (χ0n) is 8.42. The summed E-state index contributed by atoms with van der Waals surface area (Å²) < 4.78 is 30.0. The number of hydrogen-bond donors (Lipinski definition) is 0. The highest BCUT2D eigenvalue weighted by atomic mass is 19.3. The molecule has 0 N–H and O–H groups in total. The fourth-order valence-electron chi connectivity index (χ4n) is 1.34. The maximum Gasteiger partial charge on any atom is 0.284 e. The molecule has 0 aliphatic carbocycles. The predicted octanol–water partition coefficient (Wildman–Crippen LogP) is 2.40. The van der Waals surface area contributed by atoms with E-state index < -0.39 is 12.1 Å². The van der Waals surface area contributed by atoms with Gasteiger partial charge in [-0.25, -0.2) is 13.8 Å². The molecule has 5 heteroatoms. The molecule has 1 heterocycles. The van der Waals surface area contributed by atoms with Crippen LogP contribution in [-0.4, -0.2) is 12.1 Å². The first-order valence-corrected chi connectivity index (χ1v) is 4.29. The van der Waals surface area contributed by atoms with Crippen LogP contribution in [0.15, 0.2) is 6.07 Å². The van der Waals surface area contributed by atoms with Crippen LogP contribution in [0, 0.1) is 18.3 Å². The number of nitrogens with zero attached hydrogens (tertiary/aromatic N) is 2. The average molecular weight is 212 g/mol. The van der Waals surface area contributed by atoms with E-state index in [1.54, 1.807) is 13.0 Å². The van der Waals surface area contributed by atoms with E-state index in [1.165, 1.54) is 7.11 Å². The molecular weight excluding hydrogens is 202 g/mol. The van der Waals surface area contributed by atoms with Crippen LogP contribution in [0.1, 0.15) is 23.4 Å². The van der Waals surface area contributed by atoms with Gasteiger partial charge < -0.3 is 4.74 Å². The Balaban J connectivity index is 3.27. The van der Waals surface area contributed by atoms with Gasteiger partial charge in [0.15, 0.2) is 0 Å². The molecule has 0 saturated carbocycles. The number of aromatic nitrogens is 1. The van der Waals surface area contributed by atoms with Gasteiger partial charge >= 0.3 is 0 Å². The highest BCUT2D eigenvalue weighted by Crippen LogP contribution is 2.30. The summed E-state index contributed by atoms with van der Waals surface area (Å²) in [7, 11) is 1.32. The van der Waals surface area contributed by atoms with Crippen molar-refractivity contribution in [2.75, 3.05) is 7.11 Å². The monoisotopic (exact) mass is 212 g/mol. The summed E-state index contributed by atoms with van der Waals surface area (Å²) in [5.41, 5.74) is 0.502. The first kappa shape index (κ1) is 11.4. The number of rotatable bonds is 3. The lowest BCUT2D eigenvalue weighted by molar-refractivity contribution is 0.141. The van der Waals surface area contributed by atoms with Crippen molar-refractivity contribution in [1.82, 2.24) is 4.98 Å². The minimum atomic E-state index is -2.70. The molecule has 0 saturated heterocycles. The van der Waals surface area contributed by atoms with Gasteiger partial charge in [0.25, 0.3) is 6.43 Å². The van der Waals surface area contributed by atoms with Crippen molar-refractivity contribution < 1.29 is 13.5 Å². The highest BCUT2D eigenvalue weighted by molar-refractivity contribution is 5.39. The average Bonchev–Trinajstić information content (AvgIpc) is 2.17. The molecule has 0 bridgehead atoms. The van der Waals surface area contributed by atoms with Crippen LogP contribution in [0.2, 0.25) is 0 Å². The van der Waals surface area contributed by atoms with E-state index in [0.717, 1.165) is 0 Å². The van der Waals surface area contributed by atoms with Gasteiger partial charge in [-0.15, -0.1) is 0 Å². The molecule has 0 atom stereocenters. The number of nitriles is 1. The SMILES string of the molecule is COc1c(C)cc(CC#N)nc1C(F)F. The Kier molecular flexibility index (Phi) is 3.56. The second-order valence-corrected chi connectivity index (χ2v) is 2.98. The summed E-state index contributed by atoms with van der Waals surface area (Å²) in [6, 6.07) is 3.44. The maximum absolute atomic E-state index is 12.6. The lowest BCUT2D eigenvalue weighted by Gasteiger charge is -2.11. The number of aryl methyl sites for hydroxylation is 1. The Hall–Kier alpha value is -1.70. The number of halogens is 2. The number of alkyl halides is 2. The number of methoxy groups -OCH3 is 1. The van der Waals surface area contributed by atoms with Crippen molar-refractivity contribution in [2.24, 2.45) is 0 Å². The van der Waals surface area contributed by atoms with Crippen molar-refractivity contribution in [3.63, 3.8) is 0 Å². The summed E-state index contributed by atoms with van der Waals surface area (Å²) in [5.74, 6) is 0.0895. The van der Waals surface area contributed by atoms with Gasteiger partial charge in [0.2, 0.25) is 0 Å². The van der Waals surface area contributed by atoms with Crippen molar-refractivity contribution in [3.05, 3.63) is 23.0 Å². The third-order valence-corrected chi connectivity index (χ3v) is 1.91. The van der Waals surface area contributed by atoms with Crippen molar-refractivity contribution in [1.29, 1.82) is 5.26 Å². The highest BCUT2D eigenvalue weighted by Gasteiger charge is 2.18. The van der Waals surface area contributed by atoms with Crippen LogP contribution in [0.5, 0.6) is 5.75 Å². The van der Waals surface area contributed by atoms with Crippen LogP contribution in [0.4, 0.5) is 8.78 Å². The van der Waals surface area contributed by atoms with Crippen LogP contribution in [0.3, 0.4) is 0 Å². The molecule has 15 heavy (non-hydrogen) atoms. The standard InChI is InChI=1S/C10H10F2N2O/c1-6-5-7(3-4-13)14-8(10(11)12)9(6)15-2/h5,10H,3H2,1-2H3. The summed E-state index contributed by atoms with van der Waals surface area (Å²) in [6.45, 7) is 1.65. The Labute approximate surface area is 86.3 Å². The summed E-state index contributed by atoms with van der Waals surface area (Å²) in [6.07, 6.45) is -2.68. The molecule has 0 radical (unpaired) electrons. The van der Waals surface area contributed by atoms with E-state index >= 15 is 0 Å². The van der Waals surface area contributed by atoms with Crippen molar-refractivity contribution in [3.8, 4) is 11.8 Å². The lowest BCUT2D eigenvalue weighted by atomic mass is 10.1. The Morgan fingerprint density at radius 2 is 2.27 bits per heavy atom. The molecule has 0 aliphatic heterocycles. The first-order valence-electron chi connectivity index (χ1n) is 4.29. The summed E-state index contributed by atoms with van der Waals surface area (Å²) in [5, 5.41) is 8.46. The van der Waals surface area contributed by atoms with Crippen LogP contribution >= 0.6 is 0 Å². The van der Waals surface area contributed by atoms with E-state index in [2.05, 4.69) is 4.98 Å². The zero-order chi connectivity index (χ0) is 11.4. The predicted molar refractivity (Wildman–Crippen MR) is 49.8 cm³/mol. The number of pyridine rings is 1. The molecule has 1 aromatic heterocycles. The Morgan fingerprint density at radius 3 is 2.73 bits per heavy atom. The van der Waals surface area contributed by atoms with Crippen LogP contribution in [-0.2, 0) is 6.42 Å². The molecule has 1 aromatic rings. The molecule has 80 valence electrons. The van der Waals surface area contributed by atoms with Gasteiger partial charge in [0, 0.05) is 0 Å². The topological polar surface area (TPSA) is 45.9 Å². The number of ether oxygens (including phenoxy) is 1. The molecule has 0 aliphatic rings. The van der Waals surface area contributed by atoms with Crippen molar-refractivity contribution >= 4 is 0 Å². The van der Waals surface area contributed by atoms with Crippen LogP contribution in [0.25, 0.3) is 0 Å². The van der Waals surface area contributed by atoms with E-state index in [4.69, 9.17) is 10.00 Å². The molecule has 0 unspecified atom stereocenters. The largest absolute Gasteiger partial charge is 0.494 e. The van der Waals surface area contributed by atoms with Gasteiger partial charge in [0.05, 0.1) is 25.3 Å². The minimum Gasteiger partial charge on any atom is -0.494 e. The van der Waals surface area contributed by atoms with E-state index in [9.17, 15) is 8.78 Å². The quantitative estimate of drug-likeness (QED) is 0.772. The van der Waals surface area contributed by atoms with Gasteiger partial charge in [-0.2, -0.15) is 5.26 Å². The van der Waals surface area contributed by atoms with E-state index in [-0.39, 0.29) is 12.2 Å². The van der Waals surface area contributed by atoms with Crippen LogP contribution < -0.4 is 4.74 Å². The van der Waals surface area contributed by atoms with Gasteiger partial charge in [-0.3, -0.25) is 0 Å². The van der Waals surface area contributed by atoms with Gasteiger partial charge in [-0.05, 0) is 18.6 Å². The third-order valence-electron chi connectivity index (χ3n) is 1.91. The fourth-order valence-corrected chi connectivity index (χ4v) is 1.34. The van der Waals surface area contributed by atoms with E-state index in [1.807, 2.05) is 6.07 Å². The number of hydrogen-bond acceptors (Lipinski definition) is 3. The van der Waals surface area contributed by atoms with E-state index in [0.29, 0.717) is 11.3 Å². The molecule has 1 rings (SSSR count). The molecule has 0 spiro atoms. The molecular formula is C10H10F2N2O. The molecule has 0 aromatic carbocycles. The molecule has 0 amide bonds. The maximum atomic E-state index is 12.6.